The van der Waals surface area contributed by atoms with E-state index in [1.54, 1.807) is 18.2 Å². The van der Waals surface area contributed by atoms with E-state index in [-0.39, 0.29) is 35.4 Å². The lowest BCUT2D eigenvalue weighted by Crippen LogP contribution is -2.37. The number of halogens is 1. The number of rotatable bonds is 10. The van der Waals surface area contributed by atoms with Gasteiger partial charge in [-0.15, -0.1) is 24.0 Å². The Morgan fingerprint density at radius 1 is 1.10 bits per heavy atom. The van der Waals surface area contributed by atoms with Crippen molar-refractivity contribution in [1.29, 1.82) is 0 Å². The van der Waals surface area contributed by atoms with Crippen LogP contribution >= 0.6 is 24.0 Å². The van der Waals surface area contributed by atoms with Crippen molar-refractivity contribution in [2.45, 2.75) is 38.8 Å². The first-order valence-corrected chi connectivity index (χ1v) is 11.5. The highest BCUT2D eigenvalue weighted by Gasteiger charge is 2.13. The molecule has 7 nitrogen and oxygen atoms in total. The average Bonchev–Trinajstić information content (AvgIpc) is 2.71. The van der Waals surface area contributed by atoms with Gasteiger partial charge in [0.25, 0.3) is 0 Å². The molecular formula is C22H33IN4O3S. The van der Waals surface area contributed by atoms with Crippen LogP contribution in [-0.2, 0) is 27.8 Å². The van der Waals surface area contributed by atoms with E-state index >= 15 is 0 Å². The second-order valence-electron chi connectivity index (χ2n) is 7.02. The summed E-state index contributed by atoms with van der Waals surface area (Å²) in [6.07, 6.45) is 0. The molecular weight excluding hydrogens is 527 g/mol. The first-order valence-electron chi connectivity index (χ1n) is 10.0. The molecule has 0 heterocycles. The van der Waals surface area contributed by atoms with Gasteiger partial charge in [-0.05, 0) is 49.6 Å². The minimum Gasteiger partial charge on any atom is -0.383 e. The van der Waals surface area contributed by atoms with Crippen LogP contribution in [0.3, 0.4) is 0 Å². The van der Waals surface area contributed by atoms with Crippen LogP contribution in [0.15, 0.2) is 52.4 Å². The number of guanidine groups is 1. The van der Waals surface area contributed by atoms with E-state index in [4.69, 9.17) is 4.74 Å². The summed E-state index contributed by atoms with van der Waals surface area (Å²) in [5.74, 6) is 0.684. The number of hydrogen-bond acceptors (Lipinski definition) is 4. The SMILES string of the molecule is CCNC(=NCc1cccc(S(=O)(=O)NCCOC)c1)NCc1ccc(C)cc1C.I. The minimum absolute atomic E-state index is 0. The molecule has 9 heteroatoms. The molecule has 0 saturated carbocycles. The number of nitrogens with one attached hydrogen (secondary N) is 3. The maximum atomic E-state index is 12.4. The van der Waals surface area contributed by atoms with E-state index in [0.717, 1.165) is 12.1 Å². The Morgan fingerprint density at radius 3 is 2.55 bits per heavy atom. The molecule has 0 fully saturated rings. The summed E-state index contributed by atoms with van der Waals surface area (Å²) in [5.41, 5.74) is 4.50. The molecule has 0 atom stereocenters. The van der Waals surface area contributed by atoms with Crippen LogP contribution in [0.4, 0.5) is 0 Å². The zero-order chi connectivity index (χ0) is 22.0. The first kappa shape index (κ1) is 27.3. The molecule has 0 amide bonds. The normalized spacial score (nSPS) is 11.7. The van der Waals surface area contributed by atoms with Crippen LogP contribution in [0.5, 0.6) is 0 Å². The third kappa shape index (κ3) is 9.14. The van der Waals surface area contributed by atoms with Crippen LogP contribution < -0.4 is 15.4 Å². The van der Waals surface area contributed by atoms with Gasteiger partial charge in [0.15, 0.2) is 5.96 Å². The zero-order valence-corrected chi connectivity index (χ0v) is 21.7. The van der Waals surface area contributed by atoms with Gasteiger partial charge in [-0.1, -0.05) is 35.9 Å². The molecule has 0 aliphatic carbocycles. The molecule has 0 aliphatic heterocycles. The lowest BCUT2D eigenvalue weighted by atomic mass is 10.1. The quantitative estimate of drug-likeness (QED) is 0.180. The Kier molecular flexibility index (Phi) is 12.1. The number of aryl methyl sites for hydroxylation is 2. The smallest absolute Gasteiger partial charge is 0.240 e. The summed E-state index contributed by atoms with van der Waals surface area (Å²) in [6.45, 7) is 8.50. The van der Waals surface area contributed by atoms with Crippen LogP contribution in [-0.4, -0.2) is 41.2 Å². The van der Waals surface area contributed by atoms with Crippen molar-refractivity contribution in [2.75, 3.05) is 26.8 Å². The van der Waals surface area contributed by atoms with E-state index in [1.165, 1.54) is 23.8 Å². The zero-order valence-electron chi connectivity index (χ0n) is 18.6. The van der Waals surface area contributed by atoms with Crippen LogP contribution in [0.1, 0.15) is 29.2 Å². The number of hydrogen-bond donors (Lipinski definition) is 3. The van der Waals surface area contributed by atoms with Gasteiger partial charge < -0.3 is 15.4 Å². The Bertz CT molecular complexity index is 965. The molecule has 0 radical (unpaired) electrons. The minimum atomic E-state index is -3.57. The van der Waals surface area contributed by atoms with E-state index in [0.29, 0.717) is 25.7 Å². The fourth-order valence-electron chi connectivity index (χ4n) is 2.91. The lowest BCUT2D eigenvalue weighted by molar-refractivity contribution is 0.204. The van der Waals surface area contributed by atoms with Crippen LogP contribution in [0, 0.1) is 13.8 Å². The molecule has 2 aromatic carbocycles. The third-order valence-electron chi connectivity index (χ3n) is 4.52. The van der Waals surface area contributed by atoms with Gasteiger partial charge in [-0.25, -0.2) is 18.1 Å². The predicted octanol–water partition coefficient (Wildman–Crippen LogP) is 3.10. The average molecular weight is 561 g/mol. The molecule has 2 rings (SSSR count). The third-order valence-corrected chi connectivity index (χ3v) is 5.97. The highest BCUT2D eigenvalue weighted by Crippen LogP contribution is 2.13. The van der Waals surface area contributed by atoms with E-state index in [9.17, 15) is 8.42 Å². The van der Waals surface area contributed by atoms with Crippen LogP contribution in [0.2, 0.25) is 0 Å². The maximum absolute atomic E-state index is 12.4. The number of benzene rings is 2. The molecule has 0 aromatic heterocycles. The summed E-state index contributed by atoms with van der Waals surface area (Å²) in [7, 11) is -2.04. The molecule has 31 heavy (non-hydrogen) atoms. The first-order chi connectivity index (χ1) is 14.4. The molecule has 0 spiro atoms. The number of ether oxygens (including phenoxy) is 1. The summed E-state index contributed by atoms with van der Waals surface area (Å²) < 4.78 is 32.2. The van der Waals surface area contributed by atoms with Crippen LogP contribution in [0.25, 0.3) is 0 Å². The Labute approximate surface area is 203 Å². The predicted molar refractivity (Wildman–Crippen MR) is 136 cm³/mol. The maximum Gasteiger partial charge on any atom is 0.240 e. The van der Waals surface area contributed by atoms with Gasteiger partial charge in [0.1, 0.15) is 0 Å². The van der Waals surface area contributed by atoms with Crippen molar-refractivity contribution < 1.29 is 13.2 Å². The van der Waals surface area contributed by atoms with Crippen molar-refractivity contribution >= 4 is 40.0 Å². The summed E-state index contributed by atoms with van der Waals surface area (Å²) in [6, 6.07) is 13.2. The van der Waals surface area contributed by atoms with E-state index in [2.05, 4.69) is 52.4 Å². The highest BCUT2D eigenvalue weighted by atomic mass is 127. The molecule has 0 bridgehead atoms. The topological polar surface area (TPSA) is 91.8 Å². The molecule has 0 aliphatic rings. The molecule has 3 N–H and O–H groups in total. The number of aliphatic imine (C=N–C) groups is 1. The largest absolute Gasteiger partial charge is 0.383 e. The Balaban J connectivity index is 0.00000480. The standard InChI is InChI=1S/C22H32N4O3S.HI/c1-5-23-22(25-16-20-10-9-17(2)13-18(20)3)24-15-19-7-6-8-21(14-19)30(27,28)26-11-12-29-4;/h6-10,13-14,26H,5,11-12,15-16H2,1-4H3,(H2,23,24,25);1H. The van der Waals surface area contributed by atoms with Crippen molar-refractivity contribution in [1.82, 2.24) is 15.4 Å². The monoisotopic (exact) mass is 560 g/mol. The summed E-state index contributed by atoms with van der Waals surface area (Å²) in [4.78, 5) is 4.83. The fraction of sp³-hybridized carbons (Fsp3) is 0.409. The molecule has 2 aromatic rings. The van der Waals surface area contributed by atoms with Gasteiger partial charge in [0.05, 0.1) is 18.0 Å². The van der Waals surface area contributed by atoms with Gasteiger partial charge in [0.2, 0.25) is 10.0 Å². The van der Waals surface area contributed by atoms with Crippen molar-refractivity contribution in [2.24, 2.45) is 4.99 Å². The number of methoxy groups -OCH3 is 1. The lowest BCUT2D eigenvalue weighted by Gasteiger charge is -2.13. The molecule has 0 saturated heterocycles. The second kappa shape index (κ2) is 13.7. The second-order valence-corrected chi connectivity index (χ2v) is 8.78. The number of sulfonamides is 1. The summed E-state index contributed by atoms with van der Waals surface area (Å²) >= 11 is 0. The van der Waals surface area contributed by atoms with Gasteiger partial charge in [-0.2, -0.15) is 0 Å². The van der Waals surface area contributed by atoms with E-state index in [1.807, 2.05) is 13.0 Å². The molecule has 172 valence electrons. The van der Waals surface area contributed by atoms with Gasteiger partial charge in [0, 0.05) is 26.7 Å². The van der Waals surface area contributed by atoms with Gasteiger partial charge >= 0.3 is 0 Å². The van der Waals surface area contributed by atoms with Gasteiger partial charge in [-0.3, -0.25) is 0 Å². The van der Waals surface area contributed by atoms with E-state index < -0.39 is 10.0 Å². The van der Waals surface area contributed by atoms with Crippen molar-refractivity contribution in [3.8, 4) is 0 Å². The number of nitrogens with zero attached hydrogens (tertiary/aromatic N) is 1. The summed E-state index contributed by atoms with van der Waals surface area (Å²) in [5, 5.41) is 6.57. The molecule has 0 unspecified atom stereocenters. The van der Waals surface area contributed by atoms with Crippen molar-refractivity contribution in [3.63, 3.8) is 0 Å². The Hall–Kier alpha value is -1.69. The fourth-order valence-corrected chi connectivity index (χ4v) is 3.99. The Morgan fingerprint density at radius 2 is 1.87 bits per heavy atom. The van der Waals surface area contributed by atoms with Crippen molar-refractivity contribution in [3.05, 3.63) is 64.7 Å². The highest BCUT2D eigenvalue weighted by molar-refractivity contribution is 14.0.